The zero-order valence-electron chi connectivity index (χ0n) is 6.86. The van der Waals surface area contributed by atoms with Crippen LogP contribution in [0.2, 0.25) is 0 Å². The lowest BCUT2D eigenvalue weighted by Gasteiger charge is -2.05. The van der Waals surface area contributed by atoms with Gasteiger partial charge in [0.1, 0.15) is 0 Å². The number of nitrogens with two attached hydrogens (primary N) is 1. The summed E-state index contributed by atoms with van der Waals surface area (Å²) in [5.41, 5.74) is 5.81. The van der Waals surface area contributed by atoms with E-state index < -0.39 is 0 Å². The summed E-state index contributed by atoms with van der Waals surface area (Å²) in [6.07, 6.45) is 7.17. The van der Waals surface area contributed by atoms with Gasteiger partial charge in [-0.05, 0) is 19.3 Å². The van der Waals surface area contributed by atoms with Gasteiger partial charge in [-0.3, -0.25) is 0 Å². The summed E-state index contributed by atoms with van der Waals surface area (Å²) in [7, 11) is 0. The molecule has 2 atom stereocenters. The minimum atomic E-state index is 0.414. The van der Waals surface area contributed by atoms with Crippen LogP contribution in [-0.4, -0.2) is 21.3 Å². The van der Waals surface area contributed by atoms with Gasteiger partial charge in [-0.1, -0.05) is 11.8 Å². The van der Waals surface area contributed by atoms with E-state index in [9.17, 15) is 0 Å². The highest BCUT2D eigenvalue weighted by molar-refractivity contribution is 7.99. The van der Waals surface area contributed by atoms with Crippen LogP contribution in [0.3, 0.4) is 0 Å². The minimum absolute atomic E-state index is 0.414. The Bertz CT molecular complexity index is 234. The molecule has 3 nitrogen and oxygen atoms in total. The molecule has 3 N–H and O–H groups in total. The van der Waals surface area contributed by atoms with Crippen LogP contribution in [0.25, 0.3) is 0 Å². The summed E-state index contributed by atoms with van der Waals surface area (Å²) >= 11 is 1.81. The Balaban J connectivity index is 1.88. The van der Waals surface area contributed by atoms with Crippen molar-refractivity contribution in [2.24, 2.45) is 5.73 Å². The molecule has 2 rings (SSSR count). The topological polar surface area (TPSA) is 54.7 Å². The molecule has 1 aromatic heterocycles. The van der Waals surface area contributed by atoms with Gasteiger partial charge in [0.15, 0.2) is 5.16 Å². The fourth-order valence-electron chi connectivity index (χ4n) is 1.55. The van der Waals surface area contributed by atoms with Gasteiger partial charge < -0.3 is 10.7 Å². The molecular weight excluding hydrogens is 170 g/mol. The molecule has 0 aromatic carbocycles. The second-order valence-electron chi connectivity index (χ2n) is 3.21. The number of rotatable bonds is 2. The van der Waals surface area contributed by atoms with Crippen LogP contribution in [-0.2, 0) is 0 Å². The van der Waals surface area contributed by atoms with Crippen molar-refractivity contribution in [1.29, 1.82) is 0 Å². The van der Waals surface area contributed by atoms with E-state index in [0.29, 0.717) is 11.3 Å². The Morgan fingerprint density at radius 3 is 3.08 bits per heavy atom. The van der Waals surface area contributed by atoms with Gasteiger partial charge in [0.25, 0.3) is 0 Å². The first-order chi connectivity index (χ1) is 5.84. The molecule has 0 spiro atoms. The number of hydrogen-bond acceptors (Lipinski definition) is 3. The first kappa shape index (κ1) is 8.13. The third-order valence-corrected chi connectivity index (χ3v) is 3.38. The van der Waals surface area contributed by atoms with Crippen molar-refractivity contribution in [2.45, 2.75) is 35.7 Å². The lowest BCUT2D eigenvalue weighted by Crippen LogP contribution is -2.15. The molecule has 0 amide bonds. The number of aromatic nitrogens is 2. The molecule has 0 radical (unpaired) electrons. The van der Waals surface area contributed by atoms with E-state index in [1.54, 1.807) is 6.20 Å². The van der Waals surface area contributed by atoms with Crippen molar-refractivity contribution in [3.8, 4) is 0 Å². The predicted octanol–water partition coefficient (Wildman–Crippen LogP) is 1.38. The summed E-state index contributed by atoms with van der Waals surface area (Å²) in [6.45, 7) is 0. The van der Waals surface area contributed by atoms with Gasteiger partial charge in [-0.25, -0.2) is 4.98 Å². The first-order valence-corrected chi connectivity index (χ1v) is 5.14. The Morgan fingerprint density at radius 1 is 1.58 bits per heavy atom. The van der Waals surface area contributed by atoms with Crippen molar-refractivity contribution < 1.29 is 0 Å². The van der Waals surface area contributed by atoms with E-state index in [4.69, 9.17) is 5.73 Å². The van der Waals surface area contributed by atoms with Crippen LogP contribution in [0, 0.1) is 0 Å². The average molecular weight is 183 g/mol. The van der Waals surface area contributed by atoms with Crippen molar-refractivity contribution in [1.82, 2.24) is 9.97 Å². The Labute approximate surface area is 76.1 Å². The summed E-state index contributed by atoms with van der Waals surface area (Å²) in [6, 6.07) is 0.414. The van der Waals surface area contributed by atoms with Gasteiger partial charge in [0.05, 0.1) is 0 Å². The highest BCUT2D eigenvalue weighted by Crippen LogP contribution is 2.32. The molecule has 1 heterocycles. The van der Waals surface area contributed by atoms with Gasteiger partial charge in [0.2, 0.25) is 0 Å². The third-order valence-electron chi connectivity index (χ3n) is 2.18. The minimum Gasteiger partial charge on any atom is -0.340 e. The molecule has 0 aliphatic heterocycles. The zero-order chi connectivity index (χ0) is 8.39. The van der Waals surface area contributed by atoms with Crippen LogP contribution in [0.1, 0.15) is 19.3 Å². The SMILES string of the molecule is NC1CCC(Sc2ncc[nH]2)C1. The molecule has 2 unspecified atom stereocenters. The number of hydrogen-bond donors (Lipinski definition) is 2. The normalized spacial score (nSPS) is 29.4. The maximum Gasteiger partial charge on any atom is 0.165 e. The molecule has 1 aromatic rings. The summed E-state index contributed by atoms with van der Waals surface area (Å²) in [4.78, 5) is 7.26. The van der Waals surface area contributed by atoms with Gasteiger partial charge >= 0.3 is 0 Å². The number of nitrogens with one attached hydrogen (secondary N) is 1. The van der Waals surface area contributed by atoms with Crippen molar-refractivity contribution in [3.63, 3.8) is 0 Å². The lowest BCUT2D eigenvalue weighted by atomic mass is 10.3. The van der Waals surface area contributed by atoms with Gasteiger partial charge in [-0.2, -0.15) is 0 Å². The van der Waals surface area contributed by atoms with Crippen LogP contribution >= 0.6 is 11.8 Å². The largest absolute Gasteiger partial charge is 0.340 e. The predicted molar refractivity (Wildman–Crippen MR) is 50.1 cm³/mol. The quantitative estimate of drug-likeness (QED) is 0.728. The highest BCUT2D eigenvalue weighted by atomic mass is 32.2. The molecule has 4 heteroatoms. The lowest BCUT2D eigenvalue weighted by molar-refractivity contribution is 0.705. The Kier molecular flexibility index (Phi) is 2.37. The molecule has 0 saturated heterocycles. The molecule has 1 aliphatic carbocycles. The summed E-state index contributed by atoms with van der Waals surface area (Å²) in [5, 5.41) is 1.69. The highest BCUT2D eigenvalue weighted by Gasteiger charge is 2.22. The monoisotopic (exact) mass is 183 g/mol. The van der Waals surface area contributed by atoms with E-state index >= 15 is 0 Å². The summed E-state index contributed by atoms with van der Waals surface area (Å²) < 4.78 is 0. The first-order valence-electron chi connectivity index (χ1n) is 4.26. The van der Waals surface area contributed by atoms with E-state index in [-0.39, 0.29) is 0 Å². The Hall–Kier alpha value is -0.480. The smallest absolute Gasteiger partial charge is 0.165 e. The summed E-state index contributed by atoms with van der Waals surface area (Å²) in [5.74, 6) is 0. The standard InChI is InChI=1S/C8H13N3S/c9-6-1-2-7(5-6)12-8-10-3-4-11-8/h3-4,6-7H,1-2,5,9H2,(H,10,11). The fraction of sp³-hybridized carbons (Fsp3) is 0.625. The number of aromatic amines is 1. The maximum absolute atomic E-state index is 5.81. The molecule has 1 fully saturated rings. The van der Waals surface area contributed by atoms with E-state index in [2.05, 4.69) is 9.97 Å². The van der Waals surface area contributed by atoms with Crippen LogP contribution < -0.4 is 5.73 Å². The number of H-pyrrole nitrogens is 1. The van der Waals surface area contributed by atoms with Gasteiger partial charge in [0, 0.05) is 23.7 Å². The third kappa shape index (κ3) is 1.81. The van der Waals surface area contributed by atoms with Crippen LogP contribution in [0.15, 0.2) is 17.6 Å². The van der Waals surface area contributed by atoms with Gasteiger partial charge in [-0.15, -0.1) is 0 Å². The molecule has 1 saturated carbocycles. The fourth-order valence-corrected chi connectivity index (χ4v) is 2.72. The second-order valence-corrected chi connectivity index (χ2v) is 4.50. The van der Waals surface area contributed by atoms with E-state index in [0.717, 1.165) is 11.6 Å². The van der Waals surface area contributed by atoms with Crippen molar-refractivity contribution in [2.75, 3.05) is 0 Å². The van der Waals surface area contributed by atoms with Crippen LogP contribution in [0.5, 0.6) is 0 Å². The Morgan fingerprint density at radius 2 is 2.50 bits per heavy atom. The molecule has 12 heavy (non-hydrogen) atoms. The molecule has 66 valence electrons. The van der Waals surface area contributed by atoms with E-state index in [1.807, 2.05) is 18.0 Å². The average Bonchev–Trinajstić information content (AvgIpc) is 2.63. The molecular formula is C8H13N3S. The molecule has 0 bridgehead atoms. The van der Waals surface area contributed by atoms with Crippen molar-refractivity contribution in [3.05, 3.63) is 12.4 Å². The number of nitrogens with zero attached hydrogens (tertiary/aromatic N) is 1. The van der Waals surface area contributed by atoms with Crippen molar-refractivity contribution >= 4 is 11.8 Å². The number of thioether (sulfide) groups is 1. The second kappa shape index (κ2) is 3.49. The number of imidazole rings is 1. The van der Waals surface area contributed by atoms with E-state index in [1.165, 1.54) is 12.8 Å². The van der Waals surface area contributed by atoms with Crippen LogP contribution in [0.4, 0.5) is 0 Å². The zero-order valence-corrected chi connectivity index (χ0v) is 7.68. The molecule has 1 aliphatic rings. The maximum atomic E-state index is 5.81.